The maximum absolute atomic E-state index is 12.5. The minimum atomic E-state index is -0.901. The average Bonchev–Trinajstić information content (AvgIpc) is 3.32. The van der Waals surface area contributed by atoms with Gasteiger partial charge < -0.3 is 24.2 Å². The van der Waals surface area contributed by atoms with Gasteiger partial charge in [0.15, 0.2) is 0 Å². The third-order valence-corrected chi connectivity index (χ3v) is 7.23. The van der Waals surface area contributed by atoms with Crippen molar-refractivity contribution in [1.82, 2.24) is 4.90 Å². The van der Waals surface area contributed by atoms with E-state index in [9.17, 15) is 9.59 Å². The highest BCUT2D eigenvalue weighted by Gasteiger charge is 2.33. The maximum Gasteiger partial charge on any atom is 0.410 e. The maximum atomic E-state index is 12.5. The number of ether oxygens (including phenoxy) is 3. The Morgan fingerprint density at radius 3 is 2.65 bits per heavy atom. The molecule has 7 heteroatoms. The summed E-state index contributed by atoms with van der Waals surface area (Å²) < 4.78 is 17.6. The van der Waals surface area contributed by atoms with Crippen LogP contribution in [0.5, 0.6) is 11.5 Å². The summed E-state index contributed by atoms with van der Waals surface area (Å²) in [5.41, 5.74) is 4.12. The molecule has 1 N–H and O–H groups in total. The summed E-state index contributed by atoms with van der Waals surface area (Å²) in [5, 5.41) is 9.12. The fraction of sp³-hybridized carbons (Fsp3) is 0.333. The van der Waals surface area contributed by atoms with Crippen molar-refractivity contribution in [3.8, 4) is 11.5 Å². The van der Waals surface area contributed by atoms with Gasteiger partial charge in [-0.1, -0.05) is 36.4 Å². The molecule has 3 aromatic rings. The summed E-state index contributed by atoms with van der Waals surface area (Å²) in [4.78, 5) is 25.4. The summed E-state index contributed by atoms with van der Waals surface area (Å²) in [6.07, 6.45) is 6.86. The lowest BCUT2D eigenvalue weighted by Gasteiger charge is -2.28. The van der Waals surface area contributed by atoms with Gasteiger partial charge in [0, 0.05) is 12.1 Å². The number of carboxylic acid groups (broad SMARTS) is 1. The van der Waals surface area contributed by atoms with Gasteiger partial charge >= 0.3 is 12.1 Å². The van der Waals surface area contributed by atoms with Crippen molar-refractivity contribution in [1.29, 1.82) is 0 Å². The van der Waals surface area contributed by atoms with Crippen LogP contribution in [-0.4, -0.2) is 47.4 Å². The molecule has 2 heterocycles. The molecule has 0 bridgehead atoms. The van der Waals surface area contributed by atoms with Gasteiger partial charge in [0.25, 0.3) is 0 Å². The van der Waals surface area contributed by atoms with Crippen molar-refractivity contribution in [3.05, 3.63) is 101 Å². The van der Waals surface area contributed by atoms with Gasteiger partial charge in [0.05, 0.1) is 18.7 Å². The fourth-order valence-electron chi connectivity index (χ4n) is 4.96. The van der Waals surface area contributed by atoms with Gasteiger partial charge in [0.1, 0.15) is 23.2 Å². The minimum absolute atomic E-state index is 0.287. The number of aromatic carboxylic acids is 1. The number of carbonyl (C=O) groups excluding carboxylic acids is 1. The largest absolute Gasteiger partial charge is 0.494 e. The number of cyclic esters (lactones) is 1. The van der Waals surface area contributed by atoms with Crippen LogP contribution in [0.15, 0.2) is 72.8 Å². The predicted molar refractivity (Wildman–Crippen MR) is 153 cm³/mol. The van der Waals surface area contributed by atoms with Crippen LogP contribution in [0, 0.1) is 0 Å². The Labute approximate surface area is 235 Å². The summed E-state index contributed by atoms with van der Waals surface area (Å²) in [6, 6.07) is 21.0. The normalized spacial score (nSPS) is 17.2. The van der Waals surface area contributed by atoms with Gasteiger partial charge in [-0.2, -0.15) is 0 Å². The molecule has 3 aromatic carbocycles. The molecule has 1 saturated heterocycles. The Morgan fingerprint density at radius 2 is 1.85 bits per heavy atom. The SMILES string of the molecule is CC1(C)C=Cc2cc(C3CN(CCc4ccc(OCCCCc5cccc(C(=O)O)c5)cc4)C(=O)O3)ccc2O1. The van der Waals surface area contributed by atoms with Crippen molar-refractivity contribution in [3.63, 3.8) is 0 Å². The first kappa shape index (κ1) is 27.3. The Balaban J connectivity index is 1.04. The number of aryl methyl sites for hydroxylation is 1. The lowest BCUT2D eigenvalue weighted by molar-refractivity contribution is 0.0696. The van der Waals surface area contributed by atoms with Crippen LogP contribution in [0.3, 0.4) is 0 Å². The van der Waals surface area contributed by atoms with Gasteiger partial charge in [-0.25, -0.2) is 9.59 Å². The molecule has 1 unspecified atom stereocenters. The van der Waals surface area contributed by atoms with E-state index >= 15 is 0 Å². The first-order chi connectivity index (χ1) is 19.3. The monoisotopic (exact) mass is 541 g/mol. The number of carbonyl (C=O) groups is 2. The standard InChI is InChI=1S/C33H35NO6/c1-33(2)17-15-26-21-25(11-14-29(26)40-33)30-22-34(32(37)39-30)18-16-23-9-12-28(13-10-23)38-19-4-3-6-24-7-5-8-27(20-24)31(35)36/h5,7-15,17,20-21,30H,3-4,6,16,18-19,22H2,1-2H3,(H,35,36). The number of unbranched alkanes of at least 4 members (excludes halogenated alkanes) is 1. The summed E-state index contributed by atoms with van der Waals surface area (Å²) in [5.74, 6) is 0.751. The molecule has 5 rings (SSSR count). The highest BCUT2D eigenvalue weighted by Crippen LogP contribution is 2.35. The molecule has 1 amide bonds. The fourth-order valence-corrected chi connectivity index (χ4v) is 4.96. The van der Waals surface area contributed by atoms with E-state index in [1.54, 1.807) is 23.1 Å². The summed E-state index contributed by atoms with van der Waals surface area (Å²) in [7, 11) is 0. The zero-order valence-corrected chi connectivity index (χ0v) is 23.0. The number of nitrogens with zero attached hydrogens (tertiary/aromatic N) is 1. The highest BCUT2D eigenvalue weighted by molar-refractivity contribution is 5.87. The number of fused-ring (bicyclic) bond motifs is 1. The molecule has 0 aromatic heterocycles. The molecule has 1 atom stereocenters. The van der Waals surface area contributed by atoms with Crippen molar-refractivity contribution in [2.75, 3.05) is 19.7 Å². The molecule has 0 aliphatic carbocycles. The number of amides is 1. The van der Waals surface area contributed by atoms with Gasteiger partial charge in [-0.3, -0.25) is 0 Å². The number of hydrogen-bond donors (Lipinski definition) is 1. The Hall–Kier alpha value is -4.26. The molecule has 40 heavy (non-hydrogen) atoms. The lowest BCUT2D eigenvalue weighted by atomic mass is 9.99. The van der Waals surface area contributed by atoms with E-state index in [0.29, 0.717) is 25.3 Å². The first-order valence-corrected chi connectivity index (χ1v) is 13.8. The Kier molecular flexibility index (Phi) is 8.10. The second-order valence-electron chi connectivity index (χ2n) is 10.9. The number of benzene rings is 3. The summed E-state index contributed by atoms with van der Waals surface area (Å²) in [6.45, 7) is 5.75. The van der Waals surface area contributed by atoms with E-state index in [-0.39, 0.29) is 17.8 Å². The molecule has 7 nitrogen and oxygen atoms in total. The van der Waals surface area contributed by atoms with E-state index in [1.807, 2.05) is 68.5 Å². The Morgan fingerprint density at radius 1 is 1.02 bits per heavy atom. The van der Waals surface area contributed by atoms with E-state index in [2.05, 4.69) is 6.08 Å². The number of hydrogen-bond acceptors (Lipinski definition) is 5. The molecule has 2 aliphatic rings. The van der Waals surface area contributed by atoms with Crippen molar-refractivity contribution in [2.45, 2.75) is 51.2 Å². The van der Waals surface area contributed by atoms with Crippen molar-refractivity contribution < 1.29 is 28.9 Å². The van der Waals surface area contributed by atoms with Crippen LogP contribution in [0.2, 0.25) is 0 Å². The zero-order valence-electron chi connectivity index (χ0n) is 23.0. The minimum Gasteiger partial charge on any atom is -0.494 e. The van der Waals surface area contributed by atoms with Crippen molar-refractivity contribution >= 4 is 18.1 Å². The molecular weight excluding hydrogens is 506 g/mol. The van der Waals surface area contributed by atoms with Crippen LogP contribution in [-0.2, 0) is 17.6 Å². The predicted octanol–water partition coefficient (Wildman–Crippen LogP) is 6.71. The van der Waals surface area contributed by atoms with E-state index < -0.39 is 5.97 Å². The van der Waals surface area contributed by atoms with Gasteiger partial charge in [0.2, 0.25) is 0 Å². The topological polar surface area (TPSA) is 85.3 Å². The Bertz CT molecular complexity index is 1390. The third-order valence-electron chi connectivity index (χ3n) is 7.23. The molecule has 208 valence electrons. The van der Waals surface area contributed by atoms with Crippen LogP contribution in [0.25, 0.3) is 6.08 Å². The number of carboxylic acids is 1. The quantitative estimate of drug-likeness (QED) is 0.272. The molecule has 0 spiro atoms. The lowest BCUT2D eigenvalue weighted by Crippen LogP contribution is -2.27. The second kappa shape index (κ2) is 11.9. The first-order valence-electron chi connectivity index (χ1n) is 13.8. The van der Waals surface area contributed by atoms with Crippen LogP contribution in [0.4, 0.5) is 4.79 Å². The van der Waals surface area contributed by atoms with E-state index in [0.717, 1.165) is 59.4 Å². The molecule has 0 saturated carbocycles. The van der Waals surface area contributed by atoms with Crippen molar-refractivity contribution in [2.24, 2.45) is 0 Å². The van der Waals surface area contributed by atoms with E-state index in [1.165, 1.54) is 0 Å². The second-order valence-corrected chi connectivity index (χ2v) is 10.9. The van der Waals surface area contributed by atoms with Crippen LogP contribution >= 0.6 is 0 Å². The highest BCUT2D eigenvalue weighted by atomic mass is 16.6. The van der Waals surface area contributed by atoms with Crippen LogP contribution < -0.4 is 9.47 Å². The third kappa shape index (κ3) is 6.84. The smallest absolute Gasteiger partial charge is 0.410 e. The molecule has 1 fully saturated rings. The van der Waals surface area contributed by atoms with Crippen LogP contribution in [0.1, 0.15) is 65.4 Å². The molecular formula is C33H35NO6. The zero-order chi connectivity index (χ0) is 28.1. The molecule has 2 aliphatic heterocycles. The number of rotatable bonds is 11. The average molecular weight is 542 g/mol. The van der Waals surface area contributed by atoms with Gasteiger partial charge in [-0.05, 0) is 98.7 Å². The molecule has 0 radical (unpaired) electrons. The summed E-state index contributed by atoms with van der Waals surface area (Å²) >= 11 is 0. The van der Waals surface area contributed by atoms with E-state index in [4.69, 9.17) is 19.3 Å². The van der Waals surface area contributed by atoms with Gasteiger partial charge in [-0.15, -0.1) is 0 Å².